The molecule has 0 radical (unpaired) electrons. The van der Waals surface area contributed by atoms with Crippen molar-refractivity contribution >= 4 is 11.6 Å². The molecule has 0 heterocycles. The normalized spacial score (nSPS) is 11.7. The summed E-state index contributed by atoms with van der Waals surface area (Å²) in [6, 6.07) is 4.16. The Morgan fingerprint density at radius 3 is 2.86 bits per heavy atom. The van der Waals surface area contributed by atoms with E-state index in [1.165, 1.54) is 18.2 Å². The summed E-state index contributed by atoms with van der Waals surface area (Å²) in [6.45, 7) is 1.70. The third kappa shape index (κ3) is 2.73. The predicted molar refractivity (Wildman–Crippen MR) is 54.4 cm³/mol. The van der Waals surface area contributed by atoms with Crippen LogP contribution in [0.2, 0.25) is 5.02 Å². The van der Waals surface area contributed by atoms with E-state index in [1.54, 1.807) is 6.92 Å². The second-order valence-corrected chi connectivity index (χ2v) is 3.23. The number of aliphatic hydroxyl groups excluding tert-OH is 1. The number of halogens is 2. The van der Waals surface area contributed by atoms with Crippen molar-refractivity contribution < 1.29 is 9.50 Å². The first kappa shape index (κ1) is 11.0. The Labute approximate surface area is 87.5 Å². The number of aliphatic hydroxyl groups is 1. The summed E-state index contributed by atoms with van der Waals surface area (Å²) < 4.78 is 12.8. The summed E-state index contributed by atoms with van der Waals surface area (Å²) in [7, 11) is 0. The molecular formula is C11H10ClFO. The first-order valence-electron chi connectivity index (χ1n) is 4.17. The van der Waals surface area contributed by atoms with Gasteiger partial charge in [-0.2, -0.15) is 0 Å². The Balaban J connectivity index is 2.83. The van der Waals surface area contributed by atoms with E-state index >= 15 is 0 Å². The minimum Gasteiger partial charge on any atom is -0.387 e. The summed E-state index contributed by atoms with van der Waals surface area (Å²) in [4.78, 5) is 0. The van der Waals surface area contributed by atoms with Gasteiger partial charge in [0.15, 0.2) is 0 Å². The molecule has 1 aromatic carbocycles. The minimum absolute atomic E-state index is 0.0195. The summed E-state index contributed by atoms with van der Waals surface area (Å²) in [5, 5.41) is 9.60. The fraction of sp³-hybridized carbons (Fsp3) is 0.273. The Morgan fingerprint density at radius 1 is 1.57 bits per heavy atom. The second-order valence-electron chi connectivity index (χ2n) is 2.82. The zero-order chi connectivity index (χ0) is 10.6. The molecule has 74 valence electrons. The van der Waals surface area contributed by atoms with E-state index in [2.05, 4.69) is 11.8 Å². The summed E-state index contributed by atoms with van der Waals surface area (Å²) in [5.41, 5.74) is 0.583. The van der Waals surface area contributed by atoms with Gasteiger partial charge in [-0.15, -0.1) is 11.8 Å². The number of hydrogen-bond acceptors (Lipinski definition) is 1. The second kappa shape index (κ2) is 4.99. The molecule has 1 N–H and O–H groups in total. The quantitative estimate of drug-likeness (QED) is 0.748. The predicted octanol–water partition coefficient (Wildman–Crippen LogP) is 2.93. The lowest BCUT2D eigenvalue weighted by atomic mass is 10.1. The van der Waals surface area contributed by atoms with Crippen LogP contribution in [0.25, 0.3) is 0 Å². The van der Waals surface area contributed by atoms with Gasteiger partial charge in [-0.3, -0.25) is 0 Å². The van der Waals surface area contributed by atoms with Crippen molar-refractivity contribution in [1.82, 2.24) is 0 Å². The van der Waals surface area contributed by atoms with Crippen LogP contribution >= 0.6 is 11.6 Å². The molecule has 0 bridgehead atoms. The van der Waals surface area contributed by atoms with Crippen LogP contribution in [0.5, 0.6) is 0 Å². The lowest BCUT2D eigenvalue weighted by Gasteiger charge is -2.07. The fourth-order valence-electron chi connectivity index (χ4n) is 1.04. The third-order valence-corrected chi connectivity index (χ3v) is 2.09. The van der Waals surface area contributed by atoms with Gasteiger partial charge >= 0.3 is 0 Å². The Bertz CT molecular complexity index is 379. The minimum atomic E-state index is -0.708. The first-order chi connectivity index (χ1) is 6.65. The molecule has 0 fully saturated rings. The molecule has 14 heavy (non-hydrogen) atoms. The number of hydrogen-bond donors (Lipinski definition) is 1. The fourth-order valence-corrected chi connectivity index (χ4v) is 1.23. The highest BCUT2D eigenvalue weighted by Gasteiger charge is 2.08. The lowest BCUT2D eigenvalue weighted by molar-refractivity contribution is 0.184. The number of rotatable bonds is 2. The van der Waals surface area contributed by atoms with Crippen LogP contribution in [0.15, 0.2) is 18.2 Å². The van der Waals surface area contributed by atoms with Gasteiger partial charge < -0.3 is 5.11 Å². The van der Waals surface area contributed by atoms with Crippen LogP contribution < -0.4 is 0 Å². The molecule has 1 aromatic rings. The van der Waals surface area contributed by atoms with Crippen LogP contribution in [-0.4, -0.2) is 5.11 Å². The molecule has 0 amide bonds. The van der Waals surface area contributed by atoms with Gasteiger partial charge in [0, 0.05) is 6.42 Å². The molecule has 1 rings (SSSR count). The number of benzene rings is 1. The van der Waals surface area contributed by atoms with Crippen molar-refractivity contribution in [2.24, 2.45) is 0 Å². The smallest absolute Gasteiger partial charge is 0.141 e. The van der Waals surface area contributed by atoms with Crippen LogP contribution in [0.1, 0.15) is 25.0 Å². The molecule has 1 nitrogen and oxygen atoms in total. The van der Waals surface area contributed by atoms with E-state index in [9.17, 15) is 9.50 Å². The third-order valence-electron chi connectivity index (χ3n) is 1.80. The summed E-state index contributed by atoms with van der Waals surface area (Å²) in [5.74, 6) is 4.94. The maximum Gasteiger partial charge on any atom is 0.141 e. The molecule has 1 unspecified atom stereocenters. The molecule has 0 aromatic heterocycles. The van der Waals surface area contributed by atoms with E-state index < -0.39 is 11.9 Å². The standard InChI is InChI=1S/C11H10ClFO/c1-2-3-4-11(14)8-5-6-10(13)9(12)7-8/h5-7,11,14H,4H2,1H3. The van der Waals surface area contributed by atoms with Gasteiger partial charge in [-0.25, -0.2) is 4.39 Å². The Morgan fingerprint density at radius 2 is 2.29 bits per heavy atom. The van der Waals surface area contributed by atoms with Crippen LogP contribution in [0.4, 0.5) is 4.39 Å². The molecular weight excluding hydrogens is 203 g/mol. The van der Waals surface area contributed by atoms with E-state index in [0.717, 1.165) is 0 Å². The van der Waals surface area contributed by atoms with E-state index in [1.807, 2.05) is 0 Å². The molecule has 0 aliphatic rings. The highest BCUT2D eigenvalue weighted by Crippen LogP contribution is 2.22. The zero-order valence-electron chi connectivity index (χ0n) is 7.72. The van der Waals surface area contributed by atoms with E-state index in [-0.39, 0.29) is 5.02 Å². The van der Waals surface area contributed by atoms with Crippen molar-refractivity contribution in [3.05, 3.63) is 34.6 Å². The van der Waals surface area contributed by atoms with Crippen LogP contribution in [0.3, 0.4) is 0 Å². The van der Waals surface area contributed by atoms with Gasteiger partial charge in [-0.05, 0) is 24.6 Å². The lowest BCUT2D eigenvalue weighted by Crippen LogP contribution is -1.96. The monoisotopic (exact) mass is 212 g/mol. The van der Waals surface area contributed by atoms with Gasteiger partial charge in [0.2, 0.25) is 0 Å². The van der Waals surface area contributed by atoms with Gasteiger partial charge in [-0.1, -0.05) is 17.7 Å². The van der Waals surface area contributed by atoms with Crippen molar-refractivity contribution in [3.8, 4) is 11.8 Å². The molecule has 0 aliphatic heterocycles. The maximum absolute atomic E-state index is 12.8. The highest BCUT2D eigenvalue weighted by atomic mass is 35.5. The summed E-state index contributed by atoms with van der Waals surface area (Å²) in [6.07, 6.45) is -0.376. The van der Waals surface area contributed by atoms with Gasteiger partial charge in [0.25, 0.3) is 0 Å². The molecule has 0 saturated carbocycles. The van der Waals surface area contributed by atoms with Crippen LogP contribution in [-0.2, 0) is 0 Å². The zero-order valence-corrected chi connectivity index (χ0v) is 8.48. The molecule has 0 spiro atoms. The largest absolute Gasteiger partial charge is 0.387 e. The van der Waals surface area contributed by atoms with Crippen molar-refractivity contribution in [2.75, 3.05) is 0 Å². The Kier molecular flexibility index (Phi) is 3.94. The van der Waals surface area contributed by atoms with Crippen LogP contribution in [0, 0.1) is 17.7 Å². The SMILES string of the molecule is CC#CCC(O)c1ccc(F)c(Cl)c1. The first-order valence-corrected chi connectivity index (χ1v) is 4.55. The summed E-state index contributed by atoms with van der Waals surface area (Å²) >= 11 is 5.57. The molecule has 3 heteroatoms. The topological polar surface area (TPSA) is 20.2 Å². The maximum atomic E-state index is 12.8. The van der Waals surface area contributed by atoms with Gasteiger partial charge in [0.1, 0.15) is 5.82 Å². The average Bonchev–Trinajstić information content (AvgIpc) is 2.18. The molecule has 0 aliphatic carbocycles. The van der Waals surface area contributed by atoms with Gasteiger partial charge in [0.05, 0.1) is 11.1 Å². The van der Waals surface area contributed by atoms with Crippen molar-refractivity contribution in [2.45, 2.75) is 19.4 Å². The Hall–Kier alpha value is -1.04. The van der Waals surface area contributed by atoms with E-state index in [0.29, 0.717) is 12.0 Å². The van der Waals surface area contributed by atoms with E-state index in [4.69, 9.17) is 11.6 Å². The van der Waals surface area contributed by atoms with Crippen molar-refractivity contribution in [1.29, 1.82) is 0 Å². The molecule has 0 saturated heterocycles. The van der Waals surface area contributed by atoms with Crippen molar-refractivity contribution in [3.63, 3.8) is 0 Å². The molecule has 1 atom stereocenters. The average molecular weight is 213 g/mol. The highest BCUT2D eigenvalue weighted by molar-refractivity contribution is 6.30.